The summed E-state index contributed by atoms with van der Waals surface area (Å²) < 4.78 is 28.7. The van der Waals surface area contributed by atoms with E-state index in [1.165, 1.54) is 17.9 Å². The molecule has 0 radical (unpaired) electrons. The van der Waals surface area contributed by atoms with Crippen molar-refractivity contribution in [1.29, 1.82) is 0 Å². The van der Waals surface area contributed by atoms with E-state index in [2.05, 4.69) is 19.3 Å². The molecular weight excluding hydrogens is 524 g/mol. The second-order valence-electron chi connectivity index (χ2n) is 4.73. The van der Waals surface area contributed by atoms with Crippen molar-refractivity contribution in [2.75, 3.05) is 0 Å². The third-order valence-electron chi connectivity index (χ3n) is 3.15. The van der Waals surface area contributed by atoms with Crippen LogP contribution in [0.25, 0.3) is 15.6 Å². The number of pyridine rings is 1. The average molecular weight is 540 g/mol. The molecule has 0 saturated carbocycles. The number of para-hydroxylation sites is 1. The van der Waals surface area contributed by atoms with Crippen molar-refractivity contribution in [3.63, 3.8) is 0 Å². The first kappa shape index (κ1) is 20.6. The Kier molecular flexibility index (Phi) is 7.83. The SMILES string of the molecule is Cc1ccc(S(=O)(=O)[N-]c2cccc3cccnc23)cc1.[CH3-].[Cl][Ir+2]. The predicted octanol–water partition coefficient (Wildman–Crippen LogP) is 5.07. The quantitative estimate of drug-likeness (QED) is 0.436. The van der Waals surface area contributed by atoms with Crippen LogP contribution in [0.2, 0.25) is 0 Å². The van der Waals surface area contributed by atoms with Crippen LogP contribution < -0.4 is 0 Å². The van der Waals surface area contributed by atoms with Gasteiger partial charge in [-0.15, -0.1) is 5.69 Å². The van der Waals surface area contributed by atoms with Gasteiger partial charge < -0.3 is 12.1 Å². The van der Waals surface area contributed by atoms with Gasteiger partial charge in [0.05, 0.1) is 10.4 Å². The van der Waals surface area contributed by atoms with E-state index >= 15 is 0 Å². The molecule has 1 aromatic heterocycles. The normalized spacial score (nSPS) is 10.3. The van der Waals surface area contributed by atoms with E-state index in [1.807, 2.05) is 19.1 Å². The van der Waals surface area contributed by atoms with Gasteiger partial charge in [-0.05, 0) is 30.5 Å². The monoisotopic (exact) mass is 540 g/mol. The number of nitrogens with zero attached hydrogens (tertiary/aromatic N) is 2. The summed E-state index contributed by atoms with van der Waals surface area (Å²) in [4.78, 5) is 4.40. The third-order valence-corrected chi connectivity index (χ3v) is 4.45. The molecule has 0 fully saturated rings. The molecule has 24 heavy (non-hydrogen) atoms. The van der Waals surface area contributed by atoms with Gasteiger partial charge >= 0.3 is 27.5 Å². The molecule has 2 aromatic carbocycles. The van der Waals surface area contributed by atoms with Crippen molar-refractivity contribution in [2.45, 2.75) is 11.8 Å². The molecule has 3 aromatic rings. The van der Waals surface area contributed by atoms with Crippen LogP contribution in [-0.4, -0.2) is 13.4 Å². The fraction of sp³-hybridized carbons (Fsp3) is 0.0588. The van der Waals surface area contributed by atoms with E-state index in [4.69, 9.17) is 0 Å². The first-order chi connectivity index (χ1) is 11.1. The molecule has 3 rings (SSSR count). The van der Waals surface area contributed by atoms with Crippen LogP contribution in [0.5, 0.6) is 0 Å². The van der Waals surface area contributed by atoms with Crippen LogP contribution in [0.3, 0.4) is 0 Å². The topological polar surface area (TPSA) is 61.1 Å². The van der Waals surface area contributed by atoms with Gasteiger partial charge in [-0.3, -0.25) is 4.98 Å². The zero-order chi connectivity index (χ0) is 16.9. The Labute approximate surface area is 157 Å². The molecule has 0 spiro atoms. The van der Waals surface area contributed by atoms with Gasteiger partial charge in [0.15, 0.2) is 0 Å². The molecule has 7 heteroatoms. The molecule has 128 valence electrons. The van der Waals surface area contributed by atoms with Crippen LogP contribution in [0, 0.1) is 14.4 Å². The molecular formula is C17H16ClIrN2O2S. The van der Waals surface area contributed by atoms with Crippen molar-refractivity contribution in [3.8, 4) is 0 Å². The van der Waals surface area contributed by atoms with Crippen molar-refractivity contribution in [3.05, 3.63) is 78.5 Å². The van der Waals surface area contributed by atoms with Gasteiger partial charge in [0.1, 0.15) is 10.0 Å². The second-order valence-corrected chi connectivity index (χ2v) is 6.34. The Morgan fingerprint density at radius 1 is 1.00 bits per heavy atom. The maximum absolute atomic E-state index is 12.4. The first-order valence-electron chi connectivity index (χ1n) is 6.57. The van der Waals surface area contributed by atoms with Gasteiger partial charge in [-0.25, -0.2) is 8.42 Å². The Morgan fingerprint density at radius 3 is 2.29 bits per heavy atom. The summed E-state index contributed by atoms with van der Waals surface area (Å²) in [5.41, 5.74) is 1.94. The van der Waals surface area contributed by atoms with E-state index in [0.29, 0.717) is 11.2 Å². The van der Waals surface area contributed by atoms with Crippen LogP contribution in [0.1, 0.15) is 5.56 Å². The Bertz CT molecular complexity index is 895. The first-order valence-corrected chi connectivity index (χ1v) is 11.0. The molecule has 0 unspecified atom stereocenters. The minimum atomic E-state index is -3.74. The van der Waals surface area contributed by atoms with E-state index in [1.54, 1.807) is 48.7 Å². The van der Waals surface area contributed by atoms with E-state index in [9.17, 15) is 8.42 Å². The Hall–Kier alpha value is -1.46. The minimum absolute atomic E-state index is 0. The van der Waals surface area contributed by atoms with Gasteiger partial charge in [0.2, 0.25) is 0 Å². The molecule has 4 nitrogen and oxygen atoms in total. The molecule has 1 heterocycles. The fourth-order valence-electron chi connectivity index (χ4n) is 2.05. The number of hydrogen-bond acceptors (Lipinski definition) is 3. The molecule has 0 aliphatic carbocycles. The zero-order valence-electron chi connectivity index (χ0n) is 13.1. The molecule has 0 atom stereocenters. The molecule has 0 aliphatic heterocycles. The molecule has 0 N–H and O–H groups in total. The van der Waals surface area contributed by atoms with E-state index in [0.717, 1.165) is 10.9 Å². The summed E-state index contributed by atoms with van der Waals surface area (Å²) >= 11 is 1.47. The van der Waals surface area contributed by atoms with Gasteiger partial charge in [0.25, 0.3) is 0 Å². The maximum atomic E-state index is 12.4. The number of hydrogen-bond donors (Lipinski definition) is 0. The molecule has 0 aliphatic rings. The molecule has 0 saturated heterocycles. The van der Waals surface area contributed by atoms with E-state index in [-0.39, 0.29) is 12.3 Å². The van der Waals surface area contributed by atoms with Gasteiger partial charge in [-0.2, -0.15) is 0 Å². The Balaban J connectivity index is 0.000000925. The summed E-state index contributed by atoms with van der Waals surface area (Å²) in [5.74, 6) is 0. The van der Waals surface area contributed by atoms with Gasteiger partial charge in [0, 0.05) is 6.20 Å². The van der Waals surface area contributed by atoms with E-state index < -0.39 is 10.0 Å². The number of benzene rings is 2. The van der Waals surface area contributed by atoms with Crippen molar-refractivity contribution < 1.29 is 26.3 Å². The number of halogens is 1. The van der Waals surface area contributed by atoms with Crippen LogP contribution in [0.4, 0.5) is 5.69 Å². The summed E-state index contributed by atoms with van der Waals surface area (Å²) in [6.45, 7) is 1.90. The van der Waals surface area contributed by atoms with Crippen molar-refractivity contribution in [2.24, 2.45) is 0 Å². The van der Waals surface area contributed by atoms with Crippen LogP contribution in [-0.2, 0) is 27.9 Å². The van der Waals surface area contributed by atoms with Crippen LogP contribution >= 0.6 is 9.58 Å². The Morgan fingerprint density at radius 2 is 1.62 bits per heavy atom. The number of aryl methyl sites for hydroxylation is 1. The number of sulfonamides is 1. The standard InChI is InChI=1S/C16H13N2O2S.CH3.ClH.Ir/c1-12-7-9-14(10-8-12)21(19,20)18-15-6-2-4-13-5-3-11-17-16(13)15;;;/h2-11H,1H3;1H3;1H;/q2*-1;;+3/p-1. The van der Waals surface area contributed by atoms with Crippen molar-refractivity contribution >= 4 is 36.2 Å². The summed E-state index contributed by atoms with van der Waals surface area (Å²) in [7, 11) is 0.902. The zero-order valence-corrected chi connectivity index (χ0v) is 17.1. The second kappa shape index (κ2) is 9.13. The molecule has 0 bridgehead atoms. The summed E-state index contributed by atoms with van der Waals surface area (Å²) in [6, 6.07) is 15.6. The van der Waals surface area contributed by atoms with Crippen LogP contribution in [0.15, 0.2) is 65.7 Å². The number of fused-ring (bicyclic) bond motifs is 1. The average Bonchev–Trinajstić information content (AvgIpc) is 2.57. The number of rotatable bonds is 3. The summed E-state index contributed by atoms with van der Waals surface area (Å²) in [5, 5.41) is 0.859. The van der Waals surface area contributed by atoms with Crippen molar-refractivity contribution in [1.82, 2.24) is 4.98 Å². The fourth-order valence-corrected chi connectivity index (χ4v) is 3.05. The number of aromatic nitrogens is 1. The predicted molar refractivity (Wildman–Crippen MR) is 95.4 cm³/mol. The van der Waals surface area contributed by atoms with Gasteiger partial charge in [-0.1, -0.05) is 42.0 Å². The summed E-state index contributed by atoms with van der Waals surface area (Å²) in [6.07, 6.45) is 1.62. The third kappa shape index (κ3) is 4.77. The molecule has 0 amide bonds.